The van der Waals surface area contributed by atoms with Crippen molar-refractivity contribution in [1.82, 2.24) is 10.3 Å². The van der Waals surface area contributed by atoms with Crippen molar-refractivity contribution in [3.63, 3.8) is 0 Å². The van der Waals surface area contributed by atoms with Gasteiger partial charge in [-0.1, -0.05) is 6.42 Å². The van der Waals surface area contributed by atoms with E-state index >= 15 is 0 Å². The number of Topliss-reactive ketones (excluding diaryl/α,β-unsaturated/α-hetero) is 1. The third-order valence-corrected chi connectivity index (χ3v) is 4.11. The summed E-state index contributed by atoms with van der Waals surface area (Å²) in [7, 11) is 0. The van der Waals surface area contributed by atoms with E-state index in [1.807, 2.05) is 0 Å². The maximum Gasteiger partial charge on any atom is 0.223 e. The van der Waals surface area contributed by atoms with Gasteiger partial charge < -0.3 is 5.32 Å². The van der Waals surface area contributed by atoms with E-state index in [-0.39, 0.29) is 17.3 Å². The first-order valence-electron chi connectivity index (χ1n) is 6.65. The fourth-order valence-electron chi connectivity index (χ4n) is 3.27. The Labute approximate surface area is 106 Å². The van der Waals surface area contributed by atoms with Crippen molar-refractivity contribution in [2.24, 2.45) is 5.92 Å². The number of carbonyl (C=O) groups is 1. The fraction of sp³-hybridized carbons (Fsp3) is 0.571. The van der Waals surface area contributed by atoms with E-state index in [1.54, 1.807) is 12.1 Å². The van der Waals surface area contributed by atoms with Crippen LogP contribution < -0.4 is 5.32 Å². The molecule has 3 heterocycles. The second-order valence-corrected chi connectivity index (χ2v) is 5.37. The minimum Gasteiger partial charge on any atom is -0.311 e. The summed E-state index contributed by atoms with van der Waals surface area (Å²) in [5.41, 5.74) is 0.155. The predicted octanol–water partition coefficient (Wildman–Crippen LogP) is 2.32. The number of hydrogen-bond acceptors (Lipinski definition) is 3. The van der Waals surface area contributed by atoms with E-state index in [0.717, 1.165) is 25.7 Å². The summed E-state index contributed by atoms with van der Waals surface area (Å²) in [5.74, 6) is -0.745. The molecule has 1 aromatic heterocycles. The van der Waals surface area contributed by atoms with Gasteiger partial charge in [0.15, 0.2) is 5.78 Å². The van der Waals surface area contributed by atoms with Crippen LogP contribution in [0.5, 0.6) is 0 Å². The van der Waals surface area contributed by atoms with Crippen molar-refractivity contribution in [3.05, 3.63) is 29.8 Å². The van der Waals surface area contributed by atoms with E-state index in [0.29, 0.717) is 12.1 Å². The van der Waals surface area contributed by atoms with Crippen LogP contribution in [0.4, 0.5) is 4.39 Å². The van der Waals surface area contributed by atoms with Gasteiger partial charge in [-0.25, -0.2) is 4.98 Å². The Bertz CT molecular complexity index is 451. The van der Waals surface area contributed by atoms with E-state index in [4.69, 9.17) is 0 Å². The molecule has 2 atom stereocenters. The second-order valence-electron chi connectivity index (χ2n) is 5.37. The quantitative estimate of drug-likeness (QED) is 0.645. The van der Waals surface area contributed by atoms with Crippen LogP contribution in [-0.2, 0) is 0 Å². The average molecular weight is 248 g/mol. The summed E-state index contributed by atoms with van der Waals surface area (Å²) in [6.45, 7) is 0. The van der Waals surface area contributed by atoms with Crippen LogP contribution in [0.1, 0.15) is 42.5 Å². The van der Waals surface area contributed by atoms with Gasteiger partial charge in [0.2, 0.25) is 5.95 Å². The number of halogens is 1. The van der Waals surface area contributed by atoms with Crippen molar-refractivity contribution in [2.75, 3.05) is 0 Å². The Balaban J connectivity index is 1.79. The molecule has 2 saturated heterocycles. The third kappa shape index (κ3) is 2.17. The molecule has 2 unspecified atom stereocenters. The van der Waals surface area contributed by atoms with Gasteiger partial charge in [-0.3, -0.25) is 4.79 Å². The highest BCUT2D eigenvalue weighted by Crippen LogP contribution is 2.31. The molecule has 18 heavy (non-hydrogen) atoms. The van der Waals surface area contributed by atoms with Crippen molar-refractivity contribution >= 4 is 5.78 Å². The Hall–Kier alpha value is -1.29. The number of hydrogen-bond donors (Lipinski definition) is 1. The highest BCUT2D eigenvalue weighted by molar-refractivity contribution is 5.97. The smallest absolute Gasteiger partial charge is 0.223 e. The standard InChI is InChI=1S/C14H17FN2O/c15-14-12(5-2-6-16-14)13(18)9-7-10-3-1-4-11(8-9)17-10/h2,5-6,9-11,17H,1,3-4,7-8H2. The van der Waals surface area contributed by atoms with Crippen LogP contribution in [0.15, 0.2) is 18.3 Å². The molecule has 2 bridgehead atoms. The van der Waals surface area contributed by atoms with E-state index < -0.39 is 5.95 Å². The van der Waals surface area contributed by atoms with Crippen LogP contribution in [-0.4, -0.2) is 22.9 Å². The van der Waals surface area contributed by atoms with Gasteiger partial charge in [-0.15, -0.1) is 0 Å². The minimum absolute atomic E-state index is 0.0414. The van der Waals surface area contributed by atoms with Crippen molar-refractivity contribution in [3.8, 4) is 0 Å². The number of carbonyl (C=O) groups excluding carboxylic acids is 1. The second kappa shape index (κ2) is 4.76. The SMILES string of the molecule is O=C(c1cccnc1F)C1CC2CCCC(C1)N2. The summed E-state index contributed by atoms with van der Waals surface area (Å²) >= 11 is 0. The molecule has 3 rings (SSSR count). The molecule has 0 aromatic carbocycles. The number of pyridine rings is 1. The number of aromatic nitrogens is 1. The summed E-state index contributed by atoms with van der Waals surface area (Å²) in [6, 6.07) is 4.04. The van der Waals surface area contributed by atoms with Gasteiger partial charge >= 0.3 is 0 Å². The van der Waals surface area contributed by atoms with Crippen LogP contribution in [0.2, 0.25) is 0 Å². The molecule has 2 aliphatic rings. The zero-order valence-electron chi connectivity index (χ0n) is 10.2. The van der Waals surface area contributed by atoms with Gasteiger partial charge in [-0.2, -0.15) is 4.39 Å². The zero-order valence-corrected chi connectivity index (χ0v) is 10.2. The van der Waals surface area contributed by atoms with E-state index in [1.165, 1.54) is 12.6 Å². The first kappa shape index (κ1) is 11.8. The normalized spacial score (nSPS) is 31.1. The molecular formula is C14H17FN2O. The minimum atomic E-state index is -0.633. The van der Waals surface area contributed by atoms with Crippen molar-refractivity contribution in [2.45, 2.75) is 44.2 Å². The molecule has 96 valence electrons. The van der Waals surface area contributed by atoms with E-state index in [2.05, 4.69) is 10.3 Å². The van der Waals surface area contributed by atoms with Crippen LogP contribution >= 0.6 is 0 Å². The Morgan fingerprint density at radius 2 is 2.06 bits per heavy atom. The number of fused-ring (bicyclic) bond motifs is 2. The molecule has 2 fully saturated rings. The van der Waals surface area contributed by atoms with Gasteiger partial charge in [0.25, 0.3) is 0 Å². The maximum absolute atomic E-state index is 13.5. The highest BCUT2D eigenvalue weighted by Gasteiger charge is 2.35. The Morgan fingerprint density at radius 1 is 1.33 bits per heavy atom. The molecule has 1 aromatic rings. The first-order chi connectivity index (χ1) is 8.74. The molecule has 1 N–H and O–H groups in total. The van der Waals surface area contributed by atoms with Gasteiger partial charge in [0.05, 0.1) is 5.56 Å². The van der Waals surface area contributed by atoms with Crippen LogP contribution in [0, 0.1) is 11.9 Å². The number of ketones is 1. The van der Waals surface area contributed by atoms with E-state index in [9.17, 15) is 9.18 Å². The fourth-order valence-corrected chi connectivity index (χ4v) is 3.27. The van der Waals surface area contributed by atoms with Gasteiger partial charge in [0, 0.05) is 24.2 Å². The lowest BCUT2D eigenvalue weighted by molar-refractivity contribution is 0.0820. The number of rotatable bonds is 2. The first-order valence-corrected chi connectivity index (χ1v) is 6.65. The third-order valence-electron chi connectivity index (χ3n) is 4.11. The molecule has 2 aliphatic heterocycles. The summed E-state index contributed by atoms with van der Waals surface area (Å²) in [6.07, 6.45) is 6.56. The molecule has 0 saturated carbocycles. The van der Waals surface area contributed by atoms with Crippen molar-refractivity contribution < 1.29 is 9.18 Å². The van der Waals surface area contributed by atoms with Gasteiger partial charge in [-0.05, 0) is 37.8 Å². The highest BCUT2D eigenvalue weighted by atomic mass is 19.1. The Kier molecular flexibility index (Phi) is 3.12. The molecule has 3 nitrogen and oxygen atoms in total. The zero-order chi connectivity index (χ0) is 12.5. The molecule has 0 amide bonds. The molecular weight excluding hydrogens is 231 g/mol. The molecule has 0 radical (unpaired) electrons. The Morgan fingerprint density at radius 3 is 2.72 bits per heavy atom. The lowest BCUT2D eigenvalue weighted by Gasteiger charge is -2.39. The van der Waals surface area contributed by atoms with Crippen LogP contribution in [0.25, 0.3) is 0 Å². The molecule has 4 heteroatoms. The largest absolute Gasteiger partial charge is 0.311 e. The van der Waals surface area contributed by atoms with Crippen LogP contribution in [0.3, 0.4) is 0 Å². The predicted molar refractivity (Wildman–Crippen MR) is 65.8 cm³/mol. The average Bonchev–Trinajstić information content (AvgIpc) is 2.38. The lowest BCUT2D eigenvalue weighted by Crippen LogP contribution is -2.50. The maximum atomic E-state index is 13.5. The number of nitrogens with zero attached hydrogens (tertiary/aromatic N) is 1. The summed E-state index contributed by atoms with van der Waals surface area (Å²) in [4.78, 5) is 15.9. The summed E-state index contributed by atoms with van der Waals surface area (Å²) in [5, 5.41) is 3.54. The topological polar surface area (TPSA) is 42.0 Å². The van der Waals surface area contributed by atoms with Gasteiger partial charge in [0.1, 0.15) is 0 Å². The molecule has 0 spiro atoms. The van der Waals surface area contributed by atoms with Crippen molar-refractivity contribution in [1.29, 1.82) is 0 Å². The number of nitrogens with one attached hydrogen (secondary N) is 1. The molecule has 0 aliphatic carbocycles. The monoisotopic (exact) mass is 248 g/mol. The number of piperidine rings is 2. The summed E-state index contributed by atoms with van der Waals surface area (Å²) < 4.78 is 13.5. The lowest BCUT2D eigenvalue weighted by atomic mass is 9.77.